The van der Waals surface area contributed by atoms with Gasteiger partial charge in [-0.05, 0) is 42.8 Å². The van der Waals surface area contributed by atoms with Crippen LogP contribution >= 0.6 is 0 Å². The second-order valence-electron chi connectivity index (χ2n) is 8.41. The molecular formula is C24H25FN6O3. The van der Waals surface area contributed by atoms with Crippen molar-refractivity contribution in [3.8, 4) is 17.0 Å². The molecule has 1 aromatic carbocycles. The van der Waals surface area contributed by atoms with Crippen LogP contribution in [0.4, 0.5) is 26.4 Å². The molecule has 0 unspecified atom stereocenters. The normalized spacial score (nSPS) is 19.1. The molecule has 0 spiro atoms. The molecule has 3 aromatic rings. The highest BCUT2D eigenvalue weighted by Crippen LogP contribution is 2.39. The predicted molar refractivity (Wildman–Crippen MR) is 129 cm³/mol. The maximum atomic E-state index is 15.3. The van der Waals surface area contributed by atoms with E-state index in [0.29, 0.717) is 40.9 Å². The summed E-state index contributed by atoms with van der Waals surface area (Å²) in [6.45, 7) is 3.05. The lowest BCUT2D eigenvalue weighted by Gasteiger charge is -2.32. The third-order valence-corrected chi connectivity index (χ3v) is 6.33. The molecule has 10 heteroatoms. The van der Waals surface area contributed by atoms with Gasteiger partial charge in [0.05, 0.1) is 5.69 Å². The summed E-state index contributed by atoms with van der Waals surface area (Å²) in [6, 6.07) is 3.32. The number of ether oxygens (including phenoxy) is 2. The molecule has 4 N–H and O–H groups in total. The second-order valence-corrected chi connectivity index (χ2v) is 8.41. The van der Waals surface area contributed by atoms with Gasteiger partial charge in [-0.3, -0.25) is 5.32 Å². The fourth-order valence-electron chi connectivity index (χ4n) is 4.33. The fourth-order valence-corrected chi connectivity index (χ4v) is 4.33. The molecule has 2 atom stereocenters. The molecule has 2 aliphatic rings. The van der Waals surface area contributed by atoms with E-state index in [2.05, 4.69) is 25.6 Å². The van der Waals surface area contributed by atoms with Crippen molar-refractivity contribution in [1.29, 1.82) is 0 Å². The lowest BCUT2D eigenvalue weighted by molar-refractivity contribution is 0.0386. The van der Waals surface area contributed by atoms with Crippen LogP contribution in [0, 0.1) is 18.7 Å². The highest BCUT2D eigenvalue weighted by Gasteiger charge is 2.33. The number of aliphatic imine (C=N–C) groups is 1. The van der Waals surface area contributed by atoms with Crippen molar-refractivity contribution in [3.63, 3.8) is 0 Å². The molecule has 1 saturated carbocycles. The van der Waals surface area contributed by atoms with Crippen molar-refractivity contribution < 1.29 is 18.7 Å². The molecule has 5 rings (SSSR count). The summed E-state index contributed by atoms with van der Waals surface area (Å²) >= 11 is 0. The number of hydrogen-bond acceptors (Lipinski definition) is 8. The van der Waals surface area contributed by atoms with Crippen molar-refractivity contribution in [3.05, 3.63) is 35.9 Å². The Morgan fingerprint density at radius 1 is 1.32 bits per heavy atom. The summed E-state index contributed by atoms with van der Waals surface area (Å²) in [5.41, 5.74) is 8.56. The number of nitrogens with zero attached hydrogens (tertiary/aromatic N) is 3. The Morgan fingerprint density at radius 2 is 2.18 bits per heavy atom. The van der Waals surface area contributed by atoms with E-state index in [4.69, 9.17) is 15.2 Å². The van der Waals surface area contributed by atoms with Crippen LogP contribution in [0.1, 0.15) is 18.4 Å². The summed E-state index contributed by atoms with van der Waals surface area (Å²) in [7, 11) is 1.70. The molecule has 176 valence electrons. The van der Waals surface area contributed by atoms with Crippen molar-refractivity contribution in [1.82, 2.24) is 9.97 Å². The molecule has 0 radical (unpaired) electrons. The summed E-state index contributed by atoms with van der Waals surface area (Å²) in [4.78, 5) is 24.9. The van der Waals surface area contributed by atoms with Gasteiger partial charge in [0, 0.05) is 54.6 Å². The Labute approximate surface area is 195 Å². The highest BCUT2D eigenvalue weighted by atomic mass is 19.1. The van der Waals surface area contributed by atoms with Crippen LogP contribution in [0.15, 0.2) is 29.5 Å². The summed E-state index contributed by atoms with van der Waals surface area (Å²) in [6.07, 6.45) is 5.76. The van der Waals surface area contributed by atoms with E-state index in [-0.39, 0.29) is 23.5 Å². The van der Waals surface area contributed by atoms with Gasteiger partial charge in [-0.25, -0.2) is 19.2 Å². The molecule has 2 aromatic heterocycles. The minimum Gasteiger partial charge on any atom is -0.474 e. The van der Waals surface area contributed by atoms with E-state index in [9.17, 15) is 4.79 Å². The Balaban J connectivity index is 1.45. The average molecular weight is 465 g/mol. The molecule has 0 saturated heterocycles. The van der Waals surface area contributed by atoms with E-state index in [1.54, 1.807) is 31.6 Å². The van der Waals surface area contributed by atoms with Gasteiger partial charge in [0.25, 0.3) is 0 Å². The Morgan fingerprint density at radius 3 is 2.94 bits per heavy atom. The molecule has 1 aliphatic carbocycles. The molecule has 1 fully saturated rings. The number of fused-ring (bicyclic) bond motifs is 2. The number of benzene rings is 1. The maximum Gasteiger partial charge on any atom is 0.413 e. The number of hydrogen-bond donors (Lipinski definition) is 3. The third-order valence-electron chi connectivity index (χ3n) is 6.33. The molecule has 0 bridgehead atoms. The van der Waals surface area contributed by atoms with Crippen LogP contribution in [0.2, 0.25) is 0 Å². The van der Waals surface area contributed by atoms with Gasteiger partial charge < -0.3 is 25.5 Å². The Bertz CT molecular complexity index is 1310. The van der Waals surface area contributed by atoms with Crippen LogP contribution in [0.5, 0.6) is 5.88 Å². The molecule has 34 heavy (non-hydrogen) atoms. The van der Waals surface area contributed by atoms with Crippen LogP contribution < -0.4 is 21.1 Å². The Hall–Kier alpha value is -3.95. The van der Waals surface area contributed by atoms with Gasteiger partial charge in [0.15, 0.2) is 5.82 Å². The zero-order chi connectivity index (χ0) is 23.8. The second kappa shape index (κ2) is 8.77. The highest BCUT2D eigenvalue weighted by molar-refractivity contribution is 5.99. The number of aromatic nitrogens is 2. The van der Waals surface area contributed by atoms with E-state index in [1.807, 2.05) is 6.92 Å². The summed E-state index contributed by atoms with van der Waals surface area (Å²) in [5, 5.41) is 6.98. The number of rotatable bonds is 4. The fraction of sp³-hybridized carbons (Fsp3) is 0.333. The van der Waals surface area contributed by atoms with E-state index >= 15 is 4.39 Å². The van der Waals surface area contributed by atoms with E-state index < -0.39 is 11.9 Å². The van der Waals surface area contributed by atoms with Gasteiger partial charge in [0.1, 0.15) is 24.2 Å². The third kappa shape index (κ3) is 3.85. The number of pyridine rings is 2. The molecule has 3 heterocycles. The molecule has 1 amide bonds. The molecule has 9 nitrogen and oxygen atoms in total. The number of halogens is 1. The largest absolute Gasteiger partial charge is 0.474 e. The van der Waals surface area contributed by atoms with Gasteiger partial charge in [-0.1, -0.05) is 0 Å². The van der Waals surface area contributed by atoms with E-state index in [0.717, 1.165) is 24.1 Å². The van der Waals surface area contributed by atoms with Crippen molar-refractivity contribution in [2.24, 2.45) is 10.9 Å². The zero-order valence-electron chi connectivity index (χ0n) is 18.9. The minimum absolute atomic E-state index is 0.0216. The zero-order valence-corrected chi connectivity index (χ0v) is 18.9. The van der Waals surface area contributed by atoms with Crippen LogP contribution in [0.3, 0.4) is 0 Å². The van der Waals surface area contributed by atoms with Crippen molar-refractivity contribution in [2.45, 2.75) is 25.9 Å². The first-order valence-corrected chi connectivity index (χ1v) is 11.1. The van der Waals surface area contributed by atoms with Crippen LogP contribution in [-0.4, -0.2) is 48.6 Å². The molecule has 1 aliphatic heterocycles. The van der Waals surface area contributed by atoms with Crippen molar-refractivity contribution >= 4 is 40.3 Å². The first-order chi connectivity index (χ1) is 16.5. The number of carbonyl (C=O) groups excluding carboxylic acids is 1. The minimum atomic E-state index is -0.595. The van der Waals surface area contributed by atoms with Gasteiger partial charge >= 0.3 is 6.09 Å². The lowest BCUT2D eigenvalue weighted by Crippen LogP contribution is -2.38. The topological polar surface area (TPSA) is 124 Å². The SMILES string of the molecule is CN=C[C@H]1CC[C@@H]1OC(=O)Nc1cc2cc(-c3cnc4c(c3C)NCCO4)c(F)c(N)c2cn1. The van der Waals surface area contributed by atoms with E-state index in [1.165, 1.54) is 6.20 Å². The van der Waals surface area contributed by atoms with Crippen LogP contribution in [0.25, 0.3) is 21.9 Å². The predicted octanol–water partition coefficient (Wildman–Crippen LogP) is 4.16. The average Bonchev–Trinajstić information content (AvgIpc) is 2.83. The standard InChI is InChI=1S/C24H25FN6O3/c1-12-16(10-30-23-22(12)28-5-6-33-23)15-7-14-8-19(29-11-17(14)21(26)20(15)25)31-24(32)34-18-4-3-13(18)9-27-2/h7-11,13,18,28H,3-6,26H2,1-2H3,(H,29,31,32)/t13-,18+/m1/s1. The lowest BCUT2D eigenvalue weighted by atomic mass is 9.83. The van der Waals surface area contributed by atoms with Gasteiger partial charge in [-0.2, -0.15) is 0 Å². The number of amides is 1. The number of carbonyl (C=O) groups is 1. The number of nitrogen functional groups attached to an aromatic ring is 1. The van der Waals surface area contributed by atoms with Gasteiger partial charge in [0.2, 0.25) is 5.88 Å². The summed E-state index contributed by atoms with van der Waals surface area (Å²) < 4.78 is 26.3. The van der Waals surface area contributed by atoms with Gasteiger partial charge in [-0.15, -0.1) is 0 Å². The maximum absolute atomic E-state index is 15.3. The first-order valence-electron chi connectivity index (χ1n) is 11.1. The monoisotopic (exact) mass is 464 g/mol. The molecular weight excluding hydrogens is 439 g/mol. The van der Waals surface area contributed by atoms with Crippen molar-refractivity contribution in [2.75, 3.05) is 36.6 Å². The quantitative estimate of drug-likeness (QED) is 0.391. The smallest absolute Gasteiger partial charge is 0.413 e. The Kier molecular flexibility index (Phi) is 5.64. The number of nitrogens with two attached hydrogens (primary N) is 1. The first kappa shape index (κ1) is 21.9. The number of nitrogens with one attached hydrogen (secondary N) is 2. The number of anilines is 3. The van der Waals surface area contributed by atoms with Crippen LogP contribution in [-0.2, 0) is 4.74 Å². The summed E-state index contributed by atoms with van der Waals surface area (Å²) in [5.74, 6) is 0.364.